The zero-order valence-corrected chi connectivity index (χ0v) is 25.8. The first kappa shape index (κ1) is 32.1. The molecule has 7 nitrogen and oxygen atoms in total. The molecule has 226 valence electrons. The summed E-state index contributed by atoms with van der Waals surface area (Å²) in [5, 5.41) is 8.79. The number of halogens is 5. The van der Waals surface area contributed by atoms with Crippen LogP contribution < -0.4 is 16.0 Å². The van der Waals surface area contributed by atoms with E-state index in [-0.39, 0.29) is 40.2 Å². The van der Waals surface area contributed by atoms with Gasteiger partial charge in [0.25, 0.3) is 11.8 Å². The van der Waals surface area contributed by atoms with E-state index in [2.05, 4.69) is 31.9 Å². The first-order chi connectivity index (χ1) is 20.2. The second-order valence-electron chi connectivity index (χ2n) is 10.4. The molecule has 4 rings (SSSR count). The van der Waals surface area contributed by atoms with Crippen LogP contribution in [0.4, 0.5) is 18.9 Å². The molecule has 0 aliphatic rings. The summed E-state index contributed by atoms with van der Waals surface area (Å²) in [6.07, 6.45) is -4.58. The molecule has 1 heterocycles. The van der Waals surface area contributed by atoms with Crippen molar-refractivity contribution in [1.82, 2.24) is 15.2 Å². The minimum Gasteiger partial charge on any atom is -0.352 e. The highest BCUT2D eigenvalue weighted by atomic mass is 79.9. The highest BCUT2D eigenvalue weighted by Crippen LogP contribution is 2.29. The van der Waals surface area contributed by atoms with Crippen LogP contribution in [-0.4, -0.2) is 28.5 Å². The fourth-order valence-electron chi connectivity index (χ4n) is 4.44. The molecule has 43 heavy (non-hydrogen) atoms. The van der Waals surface area contributed by atoms with Gasteiger partial charge in [0, 0.05) is 33.5 Å². The van der Waals surface area contributed by atoms with E-state index in [1.807, 2.05) is 12.1 Å². The van der Waals surface area contributed by atoms with E-state index in [0.717, 1.165) is 14.6 Å². The van der Waals surface area contributed by atoms with Crippen molar-refractivity contribution in [2.24, 2.45) is 5.92 Å². The van der Waals surface area contributed by atoms with Gasteiger partial charge in [0.15, 0.2) is 0 Å². The van der Waals surface area contributed by atoms with E-state index in [4.69, 9.17) is 11.6 Å². The topological polar surface area (TPSA) is 92.2 Å². The fourth-order valence-corrected chi connectivity index (χ4v) is 4.91. The smallest absolute Gasteiger partial charge is 0.352 e. The van der Waals surface area contributed by atoms with Crippen LogP contribution in [0.5, 0.6) is 0 Å². The van der Waals surface area contributed by atoms with Crippen molar-refractivity contribution in [3.05, 3.63) is 98.6 Å². The van der Waals surface area contributed by atoms with Crippen molar-refractivity contribution >= 4 is 61.8 Å². The zero-order chi connectivity index (χ0) is 31.5. The number of nitrogens with one attached hydrogen (secondary N) is 3. The van der Waals surface area contributed by atoms with E-state index in [9.17, 15) is 27.6 Å². The second-order valence-corrected chi connectivity index (χ2v) is 11.7. The van der Waals surface area contributed by atoms with Crippen LogP contribution in [0.1, 0.15) is 58.8 Å². The van der Waals surface area contributed by atoms with Crippen LogP contribution in [0.3, 0.4) is 0 Å². The van der Waals surface area contributed by atoms with Crippen molar-refractivity contribution in [3.8, 4) is 0 Å². The number of nitrogens with zero attached hydrogens (tertiary/aromatic N) is 1. The Morgan fingerprint density at radius 2 is 1.63 bits per heavy atom. The van der Waals surface area contributed by atoms with Crippen molar-refractivity contribution in [2.45, 2.75) is 46.1 Å². The number of benzene rings is 3. The van der Waals surface area contributed by atoms with Gasteiger partial charge in [0.2, 0.25) is 5.91 Å². The maximum Gasteiger partial charge on any atom is 0.406 e. The van der Waals surface area contributed by atoms with Crippen molar-refractivity contribution in [1.29, 1.82) is 0 Å². The maximum absolute atomic E-state index is 13.6. The highest BCUT2D eigenvalue weighted by Gasteiger charge is 2.31. The van der Waals surface area contributed by atoms with E-state index >= 15 is 0 Å². The normalized spacial score (nSPS) is 12.3. The molecule has 3 N–H and O–H groups in total. The number of hydrogen-bond donors (Lipinski definition) is 3. The average molecular weight is 678 g/mol. The first-order valence-electron chi connectivity index (χ1n) is 13.4. The Morgan fingerprint density at radius 3 is 2.28 bits per heavy atom. The van der Waals surface area contributed by atoms with Gasteiger partial charge in [-0.3, -0.25) is 14.4 Å². The molecule has 0 saturated heterocycles. The van der Waals surface area contributed by atoms with Gasteiger partial charge in [-0.1, -0.05) is 59.6 Å². The molecule has 0 radical (unpaired) electrons. The summed E-state index contributed by atoms with van der Waals surface area (Å²) in [7, 11) is 0. The van der Waals surface area contributed by atoms with Crippen LogP contribution in [0.25, 0.3) is 10.9 Å². The summed E-state index contributed by atoms with van der Waals surface area (Å²) in [6.45, 7) is 4.11. The molecule has 3 amide bonds. The molecule has 0 saturated carbocycles. The molecule has 1 atom stereocenters. The van der Waals surface area contributed by atoms with Crippen LogP contribution in [0.2, 0.25) is 5.02 Å². The van der Waals surface area contributed by atoms with Crippen LogP contribution in [-0.2, 0) is 17.9 Å². The predicted octanol–water partition coefficient (Wildman–Crippen LogP) is 7.64. The van der Waals surface area contributed by atoms with Gasteiger partial charge in [-0.25, -0.2) is 0 Å². The third-order valence-corrected chi connectivity index (χ3v) is 7.57. The predicted molar refractivity (Wildman–Crippen MR) is 164 cm³/mol. The summed E-state index contributed by atoms with van der Waals surface area (Å²) in [5.41, 5.74) is 1.92. The van der Waals surface area contributed by atoms with Gasteiger partial charge in [-0.05, 0) is 66.6 Å². The lowest BCUT2D eigenvalue weighted by Gasteiger charge is -2.17. The Bertz CT molecular complexity index is 1670. The molecule has 0 bridgehead atoms. The molecule has 12 heteroatoms. The number of rotatable bonds is 9. The standard InChI is InChI=1S/C31H29BrClF3N4O3/c1-17(2)28(41)37-15-19-4-10-25(33)24(12-19)29(42)39-23-9-11-26-21(13-23)14-27(40(26)16-31(34,35)36)30(43)38-18(3)20-5-7-22(32)8-6-20/h4-14,17-18H,15-16H2,1-3H3,(H,37,41)(H,38,43)(H,39,42)/t18-/m0/s1. The van der Waals surface area contributed by atoms with Gasteiger partial charge in [0.05, 0.1) is 16.6 Å². The van der Waals surface area contributed by atoms with Gasteiger partial charge >= 0.3 is 6.18 Å². The Kier molecular flexibility index (Phi) is 9.86. The summed E-state index contributed by atoms with van der Waals surface area (Å²) in [4.78, 5) is 38.2. The summed E-state index contributed by atoms with van der Waals surface area (Å²) in [6, 6.07) is 17.3. The molecule has 0 spiro atoms. The third-order valence-electron chi connectivity index (χ3n) is 6.71. The van der Waals surface area contributed by atoms with Gasteiger partial charge in [-0.2, -0.15) is 13.2 Å². The summed E-state index contributed by atoms with van der Waals surface area (Å²) in [5.74, 6) is -1.55. The highest BCUT2D eigenvalue weighted by molar-refractivity contribution is 9.10. The Hall–Kier alpha value is -3.83. The van der Waals surface area contributed by atoms with E-state index in [1.54, 1.807) is 51.1 Å². The number of amides is 3. The molecular formula is C31H29BrClF3N4O3. The molecule has 0 aliphatic heterocycles. The number of aromatic nitrogens is 1. The number of alkyl halides is 3. The van der Waals surface area contributed by atoms with Crippen LogP contribution in [0, 0.1) is 5.92 Å². The van der Waals surface area contributed by atoms with Crippen LogP contribution in [0.15, 0.2) is 71.2 Å². The lowest BCUT2D eigenvalue weighted by molar-refractivity contribution is -0.140. The largest absolute Gasteiger partial charge is 0.406 e. The first-order valence-corrected chi connectivity index (χ1v) is 14.5. The molecular weight excluding hydrogens is 649 g/mol. The number of anilines is 1. The number of hydrogen-bond acceptors (Lipinski definition) is 3. The van der Waals surface area contributed by atoms with Gasteiger partial charge < -0.3 is 20.5 Å². The number of carbonyl (C=O) groups excluding carboxylic acids is 3. The van der Waals surface area contributed by atoms with Gasteiger partial charge in [0.1, 0.15) is 12.2 Å². The average Bonchev–Trinajstić information content (AvgIpc) is 3.28. The number of fused-ring (bicyclic) bond motifs is 1. The lowest BCUT2D eigenvalue weighted by Crippen LogP contribution is -2.30. The Balaban J connectivity index is 1.59. The molecule has 3 aromatic carbocycles. The molecule has 0 fully saturated rings. The molecule has 0 unspecified atom stereocenters. The quantitative estimate of drug-likeness (QED) is 0.170. The molecule has 0 aliphatic carbocycles. The summed E-state index contributed by atoms with van der Waals surface area (Å²) < 4.78 is 42.4. The number of carbonyl (C=O) groups is 3. The van der Waals surface area contributed by atoms with Crippen molar-refractivity contribution in [3.63, 3.8) is 0 Å². The fraction of sp³-hybridized carbons (Fsp3) is 0.258. The minimum absolute atomic E-state index is 0.137. The molecule has 4 aromatic rings. The molecule has 1 aromatic heterocycles. The Labute approximate surface area is 259 Å². The van der Waals surface area contributed by atoms with E-state index in [0.29, 0.717) is 16.6 Å². The minimum atomic E-state index is -4.58. The van der Waals surface area contributed by atoms with Crippen molar-refractivity contribution in [2.75, 3.05) is 5.32 Å². The monoisotopic (exact) mass is 676 g/mol. The third kappa shape index (κ3) is 8.17. The van der Waals surface area contributed by atoms with E-state index < -0.39 is 30.6 Å². The van der Waals surface area contributed by atoms with Crippen molar-refractivity contribution < 1.29 is 27.6 Å². The maximum atomic E-state index is 13.6. The van der Waals surface area contributed by atoms with Crippen LogP contribution >= 0.6 is 27.5 Å². The summed E-state index contributed by atoms with van der Waals surface area (Å²) >= 11 is 9.63. The Morgan fingerprint density at radius 1 is 0.930 bits per heavy atom. The SMILES string of the molecule is CC(C)C(=O)NCc1ccc(Cl)c(C(=O)Nc2ccc3c(c2)cc(C(=O)N[C@@H](C)c2ccc(Br)cc2)n3CC(F)(F)F)c1. The second kappa shape index (κ2) is 13.2. The zero-order valence-electron chi connectivity index (χ0n) is 23.5. The van der Waals surface area contributed by atoms with E-state index in [1.165, 1.54) is 24.3 Å². The lowest BCUT2D eigenvalue weighted by atomic mass is 10.1. The van der Waals surface area contributed by atoms with Gasteiger partial charge in [-0.15, -0.1) is 0 Å².